The number of allylic oxidation sites excluding steroid dienone is 3. The fourth-order valence-corrected chi connectivity index (χ4v) is 5.37. The Bertz CT molecular complexity index is 1230. The molecule has 2 aromatic rings. The molecule has 2 aromatic carbocycles. The lowest BCUT2D eigenvalue weighted by Crippen LogP contribution is -2.36. The molecule has 1 N–H and O–H groups in total. The van der Waals surface area contributed by atoms with E-state index in [1.165, 1.54) is 0 Å². The highest BCUT2D eigenvalue weighted by Crippen LogP contribution is 2.46. The number of halogens is 1. The summed E-state index contributed by atoms with van der Waals surface area (Å²) in [4.78, 5) is 26.9. The summed E-state index contributed by atoms with van der Waals surface area (Å²) in [5, 5.41) is 3.39. The van der Waals surface area contributed by atoms with Crippen LogP contribution < -0.4 is 14.8 Å². The van der Waals surface area contributed by atoms with E-state index in [-0.39, 0.29) is 17.8 Å². The Balaban J connectivity index is 1.77. The zero-order valence-electron chi connectivity index (χ0n) is 20.6. The first kappa shape index (κ1) is 25.0. The maximum atomic E-state index is 13.7. The van der Waals surface area contributed by atoms with Gasteiger partial charge in [0.25, 0.3) is 0 Å². The molecular formula is C28H30BrNO5. The summed E-state index contributed by atoms with van der Waals surface area (Å²) in [5.41, 5.74) is 4.57. The molecule has 0 aromatic heterocycles. The van der Waals surface area contributed by atoms with E-state index >= 15 is 0 Å². The van der Waals surface area contributed by atoms with Gasteiger partial charge in [-0.05, 0) is 68.5 Å². The Morgan fingerprint density at radius 1 is 1.03 bits per heavy atom. The first-order chi connectivity index (χ1) is 16.7. The molecule has 0 saturated heterocycles. The van der Waals surface area contributed by atoms with Crippen molar-refractivity contribution in [3.8, 4) is 11.5 Å². The average Bonchev–Trinajstić information content (AvgIpc) is 2.82. The number of hydrogen-bond donors (Lipinski definition) is 1. The number of carbonyl (C=O) groups excluding carboxylic acids is 2. The number of hydrogen-bond acceptors (Lipinski definition) is 6. The molecule has 0 amide bonds. The Labute approximate surface area is 214 Å². The molecule has 4 rings (SSSR count). The van der Waals surface area contributed by atoms with Crippen molar-refractivity contribution >= 4 is 27.7 Å². The van der Waals surface area contributed by atoms with Crippen molar-refractivity contribution in [1.82, 2.24) is 5.32 Å². The Morgan fingerprint density at radius 3 is 2.43 bits per heavy atom. The van der Waals surface area contributed by atoms with Gasteiger partial charge >= 0.3 is 5.97 Å². The van der Waals surface area contributed by atoms with Crippen LogP contribution >= 0.6 is 15.9 Å². The summed E-state index contributed by atoms with van der Waals surface area (Å²) >= 11 is 3.54. The van der Waals surface area contributed by atoms with Crippen LogP contribution in [0.2, 0.25) is 0 Å². The highest BCUT2D eigenvalue weighted by molar-refractivity contribution is 9.10. The van der Waals surface area contributed by atoms with E-state index < -0.39 is 11.9 Å². The van der Waals surface area contributed by atoms with E-state index in [0.29, 0.717) is 41.2 Å². The number of dihydropyridines is 1. The second-order valence-corrected chi connectivity index (χ2v) is 10.1. The Morgan fingerprint density at radius 2 is 1.77 bits per heavy atom. The van der Waals surface area contributed by atoms with Crippen LogP contribution in [0.25, 0.3) is 0 Å². The number of ether oxygens (including phenoxy) is 3. The largest absolute Gasteiger partial charge is 0.493 e. The second kappa shape index (κ2) is 10.3. The van der Waals surface area contributed by atoms with Gasteiger partial charge in [0.15, 0.2) is 17.3 Å². The summed E-state index contributed by atoms with van der Waals surface area (Å²) in [7, 11) is 3.20. The van der Waals surface area contributed by atoms with Crippen molar-refractivity contribution in [2.45, 2.75) is 51.6 Å². The number of carbonyl (C=O) groups is 2. The van der Waals surface area contributed by atoms with Crippen LogP contribution in [0.5, 0.6) is 11.5 Å². The van der Waals surface area contributed by atoms with E-state index in [4.69, 9.17) is 14.2 Å². The predicted molar refractivity (Wildman–Crippen MR) is 138 cm³/mol. The van der Waals surface area contributed by atoms with Crippen LogP contribution in [0.3, 0.4) is 0 Å². The van der Waals surface area contributed by atoms with Crippen LogP contribution in [0.1, 0.15) is 56.6 Å². The van der Waals surface area contributed by atoms with Crippen molar-refractivity contribution in [3.05, 3.63) is 80.6 Å². The second-order valence-electron chi connectivity index (χ2n) is 9.14. The van der Waals surface area contributed by atoms with Crippen LogP contribution in [0.15, 0.2) is 69.5 Å². The van der Waals surface area contributed by atoms with Gasteiger partial charge in [-0.2, -0.15) is 0 Å². The molecule has 0 fully saturated rings. The van der Waals surface area contributed by atoms with Gasteiger partial charge in [0.1, 0.15) is 0 Å². The molecule has 6 nitrogen and oxygen atoms in total. The van der Waals surface area contributed by atoms with Crippen LogP contribution in [-0.4, -0.2) is 32.1 Å². The van der Waals surface area contributed by atoms with E-state index in [9.17, 15) is 9.59 Å². The Kier molecular flexibility index (Phi) is 7.36. The molecule has 0 radical (unpaired) electrons. The zero-order valence-corrected chi connectivity index (χ0v) is 22.2. The molecule has 0 unspecified atom stereocenters. The average molecular weight is 540 g/mol. The highest BCUT2D eigenvalue weighted by atomic mass is 79.9. The molecule has 0 spiro atoms. The monoisotopic (exact) mass is 539 g/mol. The zero-order chi connectivity index (χ0) is 25.3. The molecule has 184 valence electrons. The van der Waals surface area contributed by atoms with Crippen molar-refractivity contribution in [3.63, 3.8) is 0 Å². The molecule has 2 aliphatic rings. The first-order valence-corrected chi connectivity index (χ1v) is 12.4. The number of benzene rings is 2. The molecule has 7 heteroatoms. The molecule has 1 heterocycles. The maximum absolute atomic E-state index is 13.7. The van der Waals surface area contributed by atoms with E-state index in [1.807, 2.05) is 63.2 Å². The molecule has 0 saturated carbocycles. The number of nitrogens with one attached hydrogen (secondary N) is 1. The smallest absolute Gasteiger partial charge is 0.337 e. The molecule has 35 heavy (non-hydrogen) atoms. The fourth-order valence-electron chi connectivity index (χ4n) is 4.95. The number of methoxy groups -OCH3 is 2. The van der Waals surface area contributed by atoms with Crippen LogP contribution in [0.4, 0.5) is 0 Å². The summed E-state index contributed by atoms with van der Waals surface area (Å²) in [6.07, 6.45) is 0.717. The third-order valence-corrected chi connectivity index (χ3v) is 6.94. The summed E-state index contributed by atoms with van der Waals surface area (Å²) < 4.78 is 17.3. The molecule has 2 atom stereocenters. The number of rotatable bonds is 6. The molecule has 0 bridgehead atoms. The van der Waals surface area contributed by atoms with Crippen LogP contribution in [0, 0.1) is 0 Å². The summed E-state index contributed by atoms with van der Waals surface area (Å²) in [5.74, 6) is 0.385. The third kappa shape index (κ3) is 5.01. The molecule has 1 aliphatic carbocycles. The van der Waals surface area contributed by atoms with Gasteiger partial charge in [0.05, 0.1) is 25.9 Å². The standard InChI is InChI=1S/C28H30BrNO5/c1-15(2)35-28(32)25-16(3)30-21-12-19(17-9-10-23(33-4)24(14-17)34-5)13-22(31)27(21)26(25)18-7-6-8-20(29)11-18/h6-11,14-15,19,26,30H,12-13H2,1-5H3/t19-,26-/m1/s1. The lowest BCUT2D eigenvalue weighted by Gasteiger charge is -2.37. The SMILES string of the molecule is COc1ccc([C@H]2CC(=O)C3=C(C2)NC(C)=C(C(=O)OC(C)C)[C@H]3c2cccc(Br)c2)cc1OC. The van der Waals surface area contributed by atoms with E-state index in [2.05, 4.69) is 21.2 Å². The quantitative estimate of drug-likeness (QED) is 0.469. The maximum Gasteiger partial charge on any atom is 0.337 e. The normalized spacial score (nSPS) is 19.9. The van der Waals surface area contributed by atoms with Crippen LogP contribution in [-0.2, 0) is 14.3 Å². The van der Waals surface area contributed by atoms with Gasteiger partial charge in [-0.25, -0.2) is 4.79 Å². The molecular weight excluding hydrogens is 510 g/mol. The van der Waals surface area contributed by atoms with Crippen molar-refractivity contribution in [2.75, 3.05) is 14.2 Å². The fraction of sp³-hybridized carbons (Fsp3) is 0.357. The lowest BCUT2D eigenvalue weighted by atomic mass is 9.71. The number of esters is 1. The van der Waals surface area contributed by atoms with Gasteiger partial charge in [0.2, 0.25) is 0 Å². The third-order valence-electron chi connectivity index (χ3n) is 6.45. The Hall–Kier alpha value is -3.06. The minimum Gasteiger partial charge on any atom is -0.493 e. The van der Waals surface area contributed by atoms with E-state index in [1.54, 1.807) is 14.2 Å². The molecule has 1 aliphatic heterocycles. The van der Waals surface area contributed by atoms with Crippen molar-refractivity contribution in [2.24, 2.45) is 0 Å². The van der Waals surface area contributed by atoms with Crippen molar-refractivity contribution < 1.29 is 23.8 Å². The number of ketones is 1. The first-order valence-electron chi connectivity index (χ1n) is 11.7. The summed E-state index contributed by atoms with van der Waals surface area (Å²) in [6, 6.07) is 13.5. The predicted octanol–water partition coefficient (Wildman–Crippen LogP) is 5.78. The van der Waals surface area contributed by atoms with Gasteiger partial charge in [0, 0.05) is 33.8 Å². The summed E-state index contributed by atoms with van der Waals surface area (Å²) in [6.45, 7) is 5.51. The minimum absolute atomic E-state index is 0.0193. The van der Waals surface area contributed by atoms with Gasteiger partial charge in [-0.15, -0.1) is 0 Å². The van der Waals surface area contributed by atoms with Gasteiger partial charge < -0.3 is 19.5 Å². The van der Waals surface area contributed by atoms with E-state index in [0.717, 1.165) is 21.3 Å². The van der Waals surface area contributed by atoms with Crippen molar-refractivity contribution in [1.29, 1.82) is 0 Å². The lowest BCUT2D eigenvalue weighted by molar-refractivity contribution is -0.143. The topological polar surface area (TPSA) is 73.9 Å². The number of Topliss-reactive ketones (excluding diaryl/α,β-unsaturated/α-hetero) is 1. The van der Waals surface area contributed by atoms with Gasteiger partial charge in [-0.1, -0.05) is 34.1 Å². The minimum atomic E-state index is -0.492. The van der Waals surface area contributed by atoms with Gasteiger partial charge in [-0.3, -0.25) is 4.79 Å². The highest BCUT2D eigenvalue weighted by Gasteiger charge is 2.41.